The zero-order chi connectivity index (χ0) is 13.9. The topological polar surface area (TPSA) is 34.1 Å². The zero-order valence-corrected chi connectivity index (χ0v) is 13.4. The van der Waals surface area contributed by atoms with Crippen molar-refractivity contribution in [2.45, 2.75) is 71.6 Å². The van der Waals surface area contributed by atoms with Crippen molar-refractivity contribution in [3.8, 4) is 0 Å². The van der Waals surface area contributed by atoms with Crippen LogP contribution in [0, 0.1) is 0 Å². The first kappa shape index (κ1) is 14.9. The molecular formula is C15H26N2OS. The summed E-state index contributed by atoms with van der Waals surface area (Å²) in [4.78, 5) is 6.19. The molecule has 0 unspecified atom stereocenters. The molecule has 1 aliphatic rings. The fraction of sp³-hybridized carbons (Fsp3) is 0.800. The number of nitrogens with zero attached hydrogens (tertiary/aromatic N) is 1. The van der Waals surface area contributed by atoms with Gasteiger partial charge in [-0.15, -0.1) is 11.3 Å². The van der Waals surface area contributed by atoms with Crippen LogP contribution in [0.2, 0.25) is 0 Å². The van der Waals surface area contributed by atoms with Crippen molar-refractivity contribution in [3.63, 3.8) is 0 Å². The number of aromatic nitrogens is 1. The highest BCUT2D eigenvalue weighted by molar-refractivity contribution is 7.11. The summed E-state index contributed by atoms with van der Waals surface area (Å²) in [7, 11) is 0. The van der Waals surface area contributed by atoms with Crippen molar-refractivity contribution in [1.29, 1.82) is 0 Å². The molecule has 0 saturated heterocycles. The summed E-state index contributed by atoms with van der Waals surface area (Å²) in [6.45, 7) is 11.3. The molecule has 1 N–H and O–H groups in total. The predicted molar refractivity (Wildman–Crippen MR) is 80.6 cm³/mol. The molecule has 1 aromatic rings. The van der Waals surface area contributed by atoms with Gasteiger partial charge in [0.25, 0.3) is 0 Å². The largest absolute Gasteiger partial charge is 0.374 e. The first-order valence-electron chi connectivity index (χ1n) is 7.31. The van der Waals surface area contributed by atoms with Gasteiger partial charge in [0.15, 0.2) is 0 Å². The van der Waals surface area contributed by atoms with Crippen molar-refractivity contribution >= 4 is 11.3 Å². The van der Waals surface area contributed by atoms with E-state index >= 15 is 0 Å². The summed E-state index contributed by atoms with van der Waals surface area (Å²) in [6.07, 6.45) is 3.72. The Labute approximate surface area is 120 Å². The van der Waals surface area contributed by atoms with Gasteiger partial charge in [-0.3, -0.25) is 0 Å². The van der Waals surface area contributed by atoms with Gasteiger partial charge in [0.1, 0.15) is 5.01 Å². The van der Waals surface area contributed by atoms with Gasteiger partial charge in [-0.25, -0.2) is 4.98 Å². The van der Waals surface area contributed by atoms with Crippen LogP contribution in [-0.4, -0.2) is 17.6 Å². The van der Waals surface area contributed by atoms with Gasteiger partial charge in [0, 0.05) is 29.5 Å². The van der Waals surface area contributed by atoms with E-state index in [4.69, 9.17) is 9.72 Å². The molecule has 1 heterocycles. The van der Waals surface area contributed by atoms with Gasteiger partial charge >= 0.3 is 0 Å². The summed E-state index contributed by atoms with van der Waals surface area (Å²) in [5.41, 5.74) is 1.35. The average molecular weight is 282 g/mol. The van der Waals surface area contributed by atoms with Crippen LogP contribution in [0.3, 0.4) is 0 Å². The molecule has 0 spiro atoms. The van der Waals surface area contributed by atoms with E-state index in [0.29, 0.717) is 6.61 Å². The average Bonchev–Trinajstić information content (AvgIpc) is 3.06. The van der Waals surface area contributed by atoms with Gasteiger partial charge in [-0.1, -0.05) is 27.7 Å². The molecule has 0 aliphatic heterocycles. The molecule has 0 aromatic carbocycles. The fourth-order valence-corrected chi connectivity index (χ4v) is 3.16. The van der Waals surface area contributed by atoms with Crippen molar-refractivity contribution in [1.82, 2.24) is 10.3 Å². The Balaban J connectivity index is 2.03. The van der Waals surface area contributed by atoms with Crippen molar-refractivity contribution in [2.75, 3.05) is 6.61 Å². The third-order valence-electron chi connectivity index (χ3n) is 3.15. The summed E-state index contributed by atoms with van der Waals surface area (Å²) < 4.78 is 5.62. The van der Waals surface area contributed by atoms with E-state index in [1.54, 1.807) is 0 Å². The standard InChI is InChI=1S/C15H26N2OS/c1-5-8-18-10-13-17-14(15(2,3)4)12(19-13)9-16-11-6-7-11/h11,16H,5-10H2,1-4H3. The molecule has 1 aromatic heterocycles. The number of thiazole rings is 1. The van der Waals surface area contributed by atoms with Crippen LogP contribution < -0.4 is 5.32 Å². The lowest BCUT2D eigenvalue weighted by molar-refractivity contribution is 0.121. The number of hydrogen-bond acceptors (Lipinski definition) is 4. The van der Waals surface area contributed by atoms with Crippen molar-refractivity contribution < 1.29 is 4.74 Å². The van der Waals surface area contributed by atoms with Gasteiger partial charge in [-0.2, -0.15) is 0 Å². The Hall–Kier alpha value is -0.450. The van der Waals surface area contributed by atoms with Crippen LogP contribution in [0.25, 0.3) is 0 Å². The SMILES string of the molecule is CCCOCc1nc(C(C)(C)C)c(CNC2CC2)s1. The molecular weight excluding hydrogens is 256 g/mol. The summed E-state index contributed by atoms with van der Waals surface area (Å²) in [6, 6.07) is 0.745. The van der Waals surface area contributed by atoms with E-state index in [2.05, 4.69) is 33.0 Å². The van der Waals surface area contributed by atoms with Gasteiger partial charge in [0.05, 0.1) is 12.3 Å². The van der Waals surface area contributed by atoms with Crippen LogP contribution >= 0.6 is 11.3 Å². The minimum Gasteiger partial charge on any atom is -0.374 e. The molecule has 3 nitrogen and oxygen atoms in total. The van der Waals surface area contributed by atoms with Crippen LogP contribution in [0.4, 0.5) is 0 Å². The van der Waals surface area contributed by atoms with E-state index in [9.17, 15) is 0 Å². The Morgan fingerprint density at radius 1 is 1.37 bits per heavy atom. The molecule has 19 heavy (non-hydrogen) atoms. The van der Waals surface area contributed by atoms with Crippen LogP contribution in [0.5, 0.6) is 0 Å². The maximum Gasteiger partial charge on any atom is 0.119 e. The highest BCUT2D eigenvalue weighted by Crippen LogP contribution is 2.31. The van der Waals surface area contributed by atoms with E-state index in [1.165, 1.54) is 23.4 Å². The minimum atomic E-state index is 0.111. The quantitative estimate of drug-likeness (QED) is 0.776. The molecule has 1 aliphatic carbocycles. The Bertz CT molecular complexity index is 405. The number of ether oxygens (including phenoxy) is 1. The van der Waals surface area contributed by atoms with E-state index < -0.39 is 0 Å². The molecule has 1 saturated carbocycles. The highest BCUT2D eigenvalue weighted by atomic mass is 32.1. The van der Waals surface area contributed by atoms with Crippen molar-refractivity contribution in [2.24, 2.45) is 0 Å². The number of nitrogens with one attached hydrogen (secondary N) is 1. The molecule has 1 fully saturated rings. The molecule has 0 bridgehead atoms. The second kappa shape index (κ2) is 6.33. The lowest BCUT2D eigenvalue weighted by Gasteiger charge is -2.17. The molecule has 0 radical (unpaired) electrons. The van der Waals surface area contributed by atoms with Gasteiger partial charge < -0.3 is 10.1 Å². The van der Waals surface area contributed by atoms with E-state index in [0.717, 1.165) is 30.6 Å². The zero-order valence-electron chi connectivity index (χ0n) is 12.6. The molecule has 0 amide bonds. The molecule has 2 rings (SSSR count). The van der Waals surface area contributed by atoms with Crippen LogP contribution in [-0.2, 0) is 23.3 Å². The van der Waals surface area contributed by atoms with Crippen LogP contribution in [0.1, 0.15) is 62.5 Å². The Morgan fingerprint density at radius 3 is 2.68 bits per heavy atom. The van der Waals surface area contributed by atoms with E-state index in [1.807, 2.05) is 11.3 Å². The van der Waals surface area contributed by atoms with Gasteiger partial charge in [0.2, 0.25) is 0 Å². The third kappa shape index (κ3) is 4.55. The lowest BCUT2D eigenvalue weighted by Crippen LogP contribution is -2.20. The molecule has 108 valence electrons. The normalized spacial score (nSPS) is 16.0. The van der Waals surface area contributed by atoms with Crippen molar-refractivity contribution in [3.05, 3.63) is 15.6 Å². The van der Waals surface area contributed by atoms with Gasteiger partial charge in [-0.05, 0) is 19.3 Å². The van der Waals surface area contributed by atoms with E-state index in [-0.39, 0.29) is 5.41 Å². The number of rotatable bonds is 7. The Kier molecular flexibility index (Phi) is 4.98. The summed E-state index contributed by atoms with van der Waals surface area (Å²) in [5, 5.41) is 4.71. The molecule has 0 atom stereocenters. The van der Waals surface area contributed by atoms with Crippen LogP contribution in [0.15, 0.2) is 0 Å². The second-order valence-corrected chi connectivity index (χ2v) is 7.51. The molecule has 4 heteroatoms. The minimum absolute atomic E-state index is 0.111. The second-order valence-electron chi connectivity index (χ2n) is 6.34. The summed E-state index contributed by atoms with van der Waals surface area (Å²) >= 11 is 1.81. The number of hydrogen-bond donors (Lipinski definition) is 1. The Morgan fingerprint density at radius 2 is 2.11 bits per heavy atom. The lowest BCUT2D eigenvalue weighted by atomic mass is 9.91. The highest BCUT2D eigenvalue weighted by Gasteiger charge is 2.25. The third-order valence-corrected chi connectivity index (χ3v) is 4.18. The fourth-order valence-electron chi connectivity index (χ4n) is 2.00. The monoisotopic (exact) mass is 282 g/mol. The first-order valence-corrected chi connectivity index (χ1v) is 8.12. The maximum atomic E-state index is 5.62. The maximum absolute atomic E-state index is 5.62. The smallest absolute Gasteiger partial charge is 0.119 e. The predicted octanol–water partition coefficient (Wildman–Crippen LogP) is 3.62. The first-order chi connectivity index (χ1) is 9.00. The summed E-state index contributed by atoms with van der Waals surface area (Å²) in [5.74, 6) is 0.